The Morgan fingerprint density at radius 1 is 1.40 bits per heavy atom. The van der Waals surface area contributed by atoms with E-state index in [0.29, 0.717) is 0 Å². The Morgan fingerprint density at radius 2 is 2.07 bits per heavy atom. The second-order valence-electron chi connectivity index (χ2n) is 5.27. The Hall–Kier alpha value is -0.770. The molecule has 0 unspecified atom stereocenters. The van der Waals surface area contributed by atoms with Crippen LogP contribution >= 0.6 is 0 Å². The summed E-state index contributed by atoms with van der Waals surface area (Å²) in [4.78, 5) is 11.5. The third-order valence-electron chi connectivity index (χ3n) is 2.44. The summed E-state index contributed by atoms with van der Waals surface area (Å²) in [6, 6.07) is 0.405. The minimum Gasteiger partial charge on any atom is -0.444 e. The zero-order chi connectivity index (χ0) is 11.5. The summed E-state index contributed by atoms with van der Waals surface area (Å²) in [5.74, 6) is 0. The molecule has 0 saturated heterocycles. The Morgan fingerprint density at radius 3 is 2.60 bits per heavy atom. The molecule has 4 heteroatoms. The molecule has 0 heterocycles. The normalized spacial score (nSPS) is 27.2. The Kier molecular flexibility index (Phi) is 3.97. The van der Waals surface area contributed by atoms with Gasteiger partial charge in [0.05, 0.1) is 0 Å². The average molecular weight is 214 g/mol. The monoisotopic (exact) mass is 214 g/mol. The minimum absolute atomic E-state index is 0.184. The molecule has 1 aliphatic rings. The predicted molar refractivity (Wildman–Crippen MR) is 59.6 cm³/mol. The lowest BCUT2D eigenvalue weighted by Gasteiger charge is -2.28. The maximum atomic E-state index is 11.5. The SMILES string of the molecule is CC(C)(C)OC(=O)N[C@H]1CCC[C@H](N)C1. The van der Waals surface area contributed by atoms with Crippen molar-refractivity contribution in [2.24, 2.45) is 5.73 Å². The van der Waals surface area contributed by atoms with E-state index >= 15 is 0 Å². The summed E-state index contributed by atoms with van der Waals surface area (Å²) in [5, 5.41) is 2.86. The highest BCUT2D eigenvalue weighted by Crippen LogP contribution is 2.17. The number of alkyl carbamates (subject to hydrolysis) is 1. The van der Waals surface area contributed by atoms with Crippen molar-refractivity contribution < 1.29 is 9.53 Å². The average Bonchev–Trinajstić information content (AvgIpc) is 1.99. The van der Waals surface area contributed by atoms with Crippen LogP contribution in [0.15, 0.2) is 0 Å². The van der Waals surface area contributed by atoms with Crippen LogP contribution in [-0.2, 0) is 4.74 Å². The first kappa shape index (κ1) is 12.3. The molecule has 1 amide bonds. The van der Waals surface area contributed by atoms with Gasteiger partial charge in [-0.05, 0) is 46.5 Å². The van der Waals surface area contributed by atoms with Gasteiger partial charge < -0.3 is 15.8 Å². The van der Waals surface area contributed by atoms with Gasteiger partial charge in [-0.1, -0.05) is 0 Å². The second kappa shape index (κ2) is 4.84. The molecule has 0 aromatic carbocycles. The number of nitrogens with two attached hydrogens (primary N) is 1. The van der Waals surface area contributed by atoms with Crippen LogP contribution in [0.4, 0.5) is 4.79 Å². The molecule has 1 aliphatic carbocycles. The van der Waals surface area contributed by atoms with Crippen LogP contribution in [0.2, 0.25) is 0 Å². The molecule has 2 atom stereocenters. The van der Waals surface area contributed by atoms with Gasteiger partial charge in [-0.3, -0.25) is 0 Å². The van der Waals surface area contributed by atoms with Crippen LogP contribution in [0.5, 0.6) is 0 Å². The Bertz CT molecular complexity index is 223. The largest absolute Gasteiger partial charge is 0.444 e. The molecular formula is C11H22N2O2. The number of hydrogen-bond acceptors (Lipinski definition) is 3. The van der Waals surface area contributed by atoms with E-state index < -0.39 is 5.60 Å². The number of carbonyl (C=O) groups excluding carboxylic acids is 1. The van der Waals surface area contributed by atoms with Gasteiger partial charge in [0.2, 0.25) is 0 Å². The Balaban J connectivity index is 2.31. The molecule has 88 valence electrons. The van der Waals surface area contributed by atoms with E-state index in [9.17, 15) is 4.79 Å². The molecule has 0 aromatic heterocycles. The predicted octanol–water partition coefficient (Wildman–Crippen LogP) is 1.78. The summed E-state index contributed by atoms with van der Waals surface area (Å²) in [6.07, 6.45) is 3.68. The van der Waals surface area contributed by atoms with Crippen molar-refractivity contribution in [1.29, 1.82) is 0 Å². The van der Waals surface area contributed by atoms with E-state index in [2.05, 4.69) is 5.32 Å². The lowest BCUT2D eigenvalue weighted by molar-refractivity contribution is 0.0491. The molecular weight excluding hydrogens is 192 g/mol. The lowest BCUT2D eigenvalue weighted by atomic mass is 9.92. The summed E-state index contributed by atoms with van der Waals surface area (Å²) in [7, 11) is 0. The first-order valence-corrected chi connectivity index (χ1v) is 5.62. The Labute approximate surface area is 91.5 Å². The zero-order valence-corrected chi connectivity index (χ0v) is 9.88. The van der Waals surface area contributed by atoms with Crippen molar-refractivity contribution in [3.8, 4) is 0 Å². The topological polar surface area (TPSA) is 64.3 Å². The minimum atomic E-state index is -0.430. The molecule has 15 heavy (non-hydrogen) atoms. The van der Waals surface area contributed by atoms with Gasteiger partial charge in [0.25, 0.3) is 0 Å². The number of amides is 1. The summed E-state index contributed by atoms with van der Waals surface area (Å²) < 4.78 is 5.18. The fraction of sp³-hybridized carbons (Fsp3) is 0.909. The first-order chi connectivity index (χ1) is 6.87. The summed E-state index contributed by atoms with van der Waals surface area (Å²) in [6.45, 7) is 5.58. The fourth-order valence-corrected chi connectivity index (χ4v) is 1.83. The van der Waals surface area contributed by atoms with E-state index in [1.54, 1.807) is 0 Å². The van der Waals surface area contributed by atoms with Crippen molar-refractivity contribution in [3.05, 3.63) is 0 Å². The van der Waals surface area contributed by atoms with Crippen molar-refractivity contribution in [2.45, 2.75) is 64.1 Å². The molecule has 1 rings (SSSR count). The van der Waals surface area contributed by atoms with Gasteiger partial charge >= 0.3 is 6.09 Å². The quantitative estimate of drug-likeness (QED) is 0.699. The van der Waals surface area contributed by atoms with Crippen molar-refractivity contribution >= 4 is 6.09 Å². The van der Waals surface area contributed by atoms with Gasteiger partial charge in [0.15, 0.2) is 0 Å². The molecule has 0 aromatic rings. The van der Waals surface area contributed by atoms with Crippen LogP contribution in [0.3, 0.4) is 0 Å². The number of ether oxygens (including phenoxy) is 1. The highest BCUT2D eigenvalue weighted by atomic mass is 16.6. The van der Waals surface area contributed by atoms with Gasteiger partial charge in [-0.25, -0.2) is 4.79 Å². The maximum Gasteiger partial charge on any atom is 0.407 e. The molecule has 0 bridgehead atoms. The molecule has 1 fully saturated rings. The smallest absolute Gasteiger partial charge is 0.407 e. The lowest BCUT2D eigenvalue weighted by Crippen LogP contribution is -2.44. The molecule has 4 nitrogen and oxygen atoms in total. The fourth-order valence-electron chi connectivity index (χ4n) is 1.83. The zero-order valence-electron chi connectivity index (χ0n) is 9.88. The van der Waals surface area contributed by atoms with E-state index in [-0.39, 0.29) is 18.2 Å². The second-order valence-corrected chi connectivity index (χ2v) is 5.27. The van der Waals surface area contributed by atoms with Crippen LogP contribution in [0, 0.1) is 0 Å². The van der Waals surface area contributed by atoms with E-state index in [4.69, 9.17) is 10.5 Å². The maximum absolute atomic E-state index is 11.5. The highest BCUT2D eigenvalue weighted by molar-refractivity contribution is 5.68. The number of nitrogens with one attached hydrogen (secondary N) is 1. The number of hydrogen-bond donors (Lipinski definition) is 2. The molecule has 0 spiro atoms. The van der Waals surface area contributed by atoms with Crippen LogP contribution in [0.1, 0.15) is 46.5 Å². The third kappa shape index (κ3) is 5.02. The van der Waals surface area contributed by atoms with Crippen molar-refractivity contribution in [2.75, 3.05) is 0 Å². The summed E-state index contributed by atoms with van der Waals surface area (Å²) in [5.41, 5.74) is 5.41. The van der Waals surface area contributed by atoms with Crippen LogP contribution < -0.4 is 11.1 Å². The van der Waals surface area contributed by atoms with Crippen LogP contribution in [0.25, 0.3) is 0 Å². The molecule has 3 N–H and O–H groups in total. The molecule has 0 aliphatic heterocycles. The number of rotatable bonds is 1. The molecule has 0 radical (unpaired) electrons. The van der Waals surface area contributed by atoms with Gasteiger partial charge in [0.1, 0.15) is 5.60 Å². The van der Waals surface area contributed by atoms with Crippen LogP contribution in [-0.4, -0.2) is 23.8 Å². The molecule has 1 saturated carbocycles. The highest BCUT2D eigenvalue weighted by Gasteiger charge is 2.23. The van der Waals surface area contributed by atoms with Gasteiger partial charge in [-0.2, -0.15) is 0 Å². The number of carbonyl (C=O) groups is 1. The third-order valence-corrected chi connectivity index (χ3v) is 2.44. The van der Waals surface area contributed by atoms with Crippen molar-refractivity contribution in [3.63, 3.8) is 0 Å². The first-order valence-electron chi connectivity index (χ1n) is 5.62. The summed E-state index contributed by atoms with van der Waals surface area (Å²) >= 11 is 0. The van der Waals surface area contributed by atoms with Gasteiger partial charge in [-0.15, -0.1) is 0 Å². The van der Waals surface area contributed by atoms with E-state index in [1.165, 1.54) is 0 Å². The van der Waals surface area contributed by atoms with E-state index in [1.807, 2.05) is 20.8 Å². The van der Waals surface area contributed by atoms with Crippen molar-refractivity contribution in [1.82, 2.24) is 5.32 Å². The van der Waals surface area contributed by atoms with E-state index in [0.717, 1.165) is 25.7 Å². The standard InChI is InChI=1S/C11H22N2O2/c1-11(2,3)15-10(14)13-9-6-4-5-8(12)7-9/h8-9H,4-7,12H2,1-3H3,(H,13,14)/t8-,9-/m0/s1. The van der Waals surface area contributed by atoms with Gasteiger partial charge in [0, 0.05) is 12.1 Å².